The molecule has 0 atom stereocenters. The second kappa shape index (κ2) is 14.5. The van der Waals surface area contributed by atoms with Crippen LogP contribution in [0.4, 0.5) is 17.1 Å². The largest absolute Gasteiger partial charge is 0.456 e. The van der Waals surface area contributed by atoms with Crippen LogP contribution in [0.2, 0.25) is 0 Å². The van der Waals surface area contributed by atoms with Crippen LogP contribution in [0.25, 0.3) is 97.4 Å². The number of anilines is 3. The number of furan rings is 1. The highest BCUT2D eigenvalue weighted by atomic mass is 32.1. The molecule has 0 unspecified atom stereocenters. The van der Waals surface area contributed by atoms with Gasteiger partial charge in [0.15, 0.2) is 0 Å². The molecule has 0 saturated carbocycles. The Balaban J connectivity index is 0.918. The number of para-hydroxylation sites is 1. The molecule has 61 heavy (non-hydrogen) atoms. The van der Waals surface area contributed by atoms with E-state index in [4.69, 9.17) is 4.42 Å². The van der Waals surface area contributed by atoms with Gasteiger partial charge in [0.1, 0.15) is 11.2 Å². The zero-order valence-electron chi connectivity index (χ0n) is 33.1. The first-order valence-corrected chi connectivity index (χ1v) is 21.6. The minimum atomic E-state index is 0.902. The van der Waals surface area contributed by atoms with Gasteiger partial charge in [0.05, 0.1) is 0 Å². The van der Waals surface area contributed by atoms with Crippen molar-refractivity contribution in [3.8, 4) is 44.5 Å². The Hall–Kier alpha value is -7.72. The fraction of sp³-hybridized carbons (Fsp3) is 0. The van der Waals surface area contributed by atoms with Crippen molar-refractivity contribution < 1.29 is 4.42 Å². The van der Waals surface area contributed by atoms with Gasteiger partial charge in [0, 0.05) is 48.0 Å². The molecule has 12 rings (SSSR count). The molecule has 0 aliphatic rings. The summed E-state index contributed by atoms with van der Waals surface area (Å²) >= 11 is 1.87. The normalized spacial score (nSPS) is 11.6. The number of fused-ring (bicyclic) bond motifs is 7. The van der Waals surface area contributed by atoms with Crippen LogP contribution in [-0.4, -0.2) is 0 Å². The highest BCUT2D eigenvalue weighted by Crippen LogP contribution is 2.43. The molecular formula is C58H37NOS. The summed E-state index contributed by atoms with van der Waals surface area (Å²) in [6.07, 6.45) is 0. The molecule has 0 saturated heterocycles. The summed E-state index contributed by atoms with van der Waals surface area (Å²) in [6.45, 7) is 0. The molecule has 2 nitrogen and oxygen atoms in total. The van der Waals surface area contributed by atoms with E-state index in [1.807, 2.05) is 23.5 Å². The summed E-state index contributed by atoms with van der Waals surface area (Å²) in [5.74, 6) is 0. The first-order valence-electron chi connectivity index (χ1n) is 20.7. The SMILES string of the molecule is c1ccc2c(-c3ccc(-c4ccc(N(c5ccc(-c6cccc7c6sc6ccccc67)cc5)c5ccc(-c6cccc7oc8ccccc8c67)cc5)cc4)cc3)cccc2c1. The van der Waals surface area contributed by atoms with Gasteiger partial charge >= 0.3 is 0 Å². The van der Waals surface area contributed by atoms with Gasteiger partial charge in [-0.2, -0.15) is 0 Å². The van der Waals surface area contributed by atoms with E-state index in [0.717, 1.165) is 50.1 Å². The number of hydrogen-bond acceptors (Lipinski definition) is 3. The lowest BCUT2D eigenvalue weighted by atomic mass is 9.96. The lowest BCUT2D eigenvalue weighted by Crippen LogP contribution is -2.09. The molecule has 2 aromatic heterocycles. The molecular weight excluding hydrogens is 759 g/mol. The second-order valence-electron chi connectivity index (χ2n) is 15.6. The Bertz CT molecular complexity index is 3550. The standard InChI is InChI=1S/C58H37NOS/c1-2-12-47-40(10-1)11-7-15-48(47)41-24-22-38(23-25-41)39-26-32-44(33-27-39)59(45-34-28-42(29-35-45)49-16-9-20-55-57(49)53-14-3-5-19-54(53)60-55)46-36-30-43(31-37-46)50-17-8-18-52-51-13-4-6-21-56(51)61-58(50)52/h1-37H. The predicted octanol–water partition coefficient (Wildman–Crippen LogP) is 17.2. The molecule has 0 aliphatic carbocycles. The van der Waals surface area contributed by atoms with Crippen molar-refractivity contribution in [1.29, 1.82) is 0 Å². The van der Waals surface area contributed by atoms with E-state index in [1.54, 1.807) is 0 Å². The third kappa shape index (κ3) is 6.09. The zero-order chi connectivity index (χ0) is 40.3. The van der Waals surface area contributed by atoms with E-state index in [1.165, 1.54) is 64.3 Å². The van der Waals surface area contributed by atoms with Gasteiger partial charge in [-0.25, -0.2) is 0 Å². The summed E-state index contributed by atoms with van der Waals surface area (Å²) in [5.41, 5.74) is 14.7. The second-order valence-corrected chi connectivity index (χ2v) is 16.7. The van der Waals surface area contributed by atoms with Gasteiger partial charge in [-0.3, -0.25) is 0 Å². The number of nitrogens with zero attached hydrogens (tertiary/aromatic N) is 1. The fourth-order valence-electron chi connectivity index (χ4n) is 9.14. The minimum absolute atomic E-state index is 0.902. The van der Waals surface area contributed by atoms with Gasteiger partial charge < -0.3 is 9.32 Å². The van der Waals surface area contributed by atoms with Crippen LogP contribution in [0.5, 0.6) is 0 Å². The molecule has 0 radical (unpaired) electrons. The Morgan fingerprint density at radius 1 is 0.311 bits per heavy atom. The molecule has 0 bridgehead atoms. The van der Waals surface area contributed by atoms with Crippen LogP contribution in [0.3, 0.4) is 0 Å². The van der Waals surface area contributed by atoms with E-state index in [0.29, 0.717) is 0 Å². The number of thiophene rings is 1. The molecule has 0 fully saturated rings. The Morgan fingerprint density at radius 3 is 1.51 bits per heavy atom. The molecule has 3 heteroatoms. The number of hydrogen-bond donors (Lipinski definition) is 0. The van der Waals surface area contributed by atoms with E-state index in [2.05, 4.69) is 217 Å². The summed E-state index contributed by atoms with van der Waals surface area (Å²) in [7, 11) is 0. The lowest BCUT2D eigenvalue weighted by Gasteiger charge is -2.26. The maximum absolute atomic E-state index is 6.25. The Morgan fingerprint density at radius 2 is 0.770 bits per heavy atom. The van der Waals surface area contributed by atoms with Gasteiger partial charge in [0.2, 0.25) is 0 Å². The van der Waals surface area contributed by atoms with Crippen molar-refractivity contribution in [2.45, 2.75) is 0 Å². The maximum Gasteiger partial charge on any atom is 0.136 e. The average Bonchev–Trinajstić information content (AvgIpc) is 3.91. The summed E-state index contributed by atoms with van der Waals surface area (Å²) in [6, 6.07) is 81.1. The van der Waals surface area contributed by atoms with Crippen molar-refractivity contribution in [3.63, 3.8) is 0 Å². The summed E-state index contributed by atoms with van der Waals surface area (Å²) < 4.78 is 8.89. The number of benzene rings is 10. The monoisotopic (exact) mass is 795 g/mol. The van der Waals surface area contributed by atoms with Crippen molar-refractivity contribution in [3.05, 3.63) is 224 Å². The first-order chi connectivity index (χ1) is 30.2. The van der Waals surface area contributed by atoms with Crippen LogP contribution in [-0.2, 0) is 0 Å². The first kappa shape index (κ1) is 35.2. The average molecular weight is 796 g/mol. The Kier molecular flexibility index (Phi) is 8.39. The third-order valence-corrected chi connectivity index (χ3v) is 13.3. The highest BCUT2D eigenvalue weighted by Gasteiger charge is 2.17. The fourth-order valence-corrected chi connectivity index (χ4v) is 10.4. The van der Waals surface area contributed by atoms with Crippen LogP contribution in [0.1, 0.15) is 0 Å². The van der Waals surface area contributed by atoms with E-state index >= 15 is 0 Å². The lowest BCUT2D eigenvalue weighted by molar-refractivity contribution is 0.669. The van der Waals surface area contributed by atoms with Gasteiger partial charge in [-0.1, -0.05) is 170 Å². The van der Waals surface area contributed by atoms with Crippen LogP contribution >= 0.6 is 11.3 Å². The van der Waals surface area contributed by atoms with Crippen LogP contribution in [0, 0.1) is 0 Å². The van der Waals surface area contributed by atoms with Gasteiger partial charge in [-0.05, 0) is 110 Å². The molecule has 286 valence electrons. The van der Waals surface area contributed by atoms with Crippen molar-refractivity contribution in [2.75, 3.05) is 4.90 Å². The van der Waals surface area contributed by atoms with Gasteiger partial charge in [-0.15, -0.1) is 11.3 Å². The van der Waals surface area contributed by atoms with Gasteiger partial charge in [0.25, 0.3) is 0 Å². The van der Waals surface area contributed by atoms with Crippen molar-refractivity contribution >= 4 is 81.3 Å². The zero-order valence-corrected chi connectivity index (χ0v) is 33.9. The Labute approximate surface area is 357 Å². The molecule has 0 amide bonds. The summed E-state index contributed by atoms with van der Waals surface area (Å²) in [5, 5.41) is 7.43. The summed E-state index contributed by atoms with van der Waals surface area (Å²) in [4.78, 5) is 2.36. The van der Waals surface area contributed by atoms with Crippen molar-refractivity contribution in [1.82, 2.24) is 0 Å². The maximum atomic E-state index is 6.25. The smallest absolute Gasteiger partial charge is 0.136 e. The van der Waals surface area contributed by atoms with E-state index in [9.17, 15) is 0 Å². The predicted molar refractivity (Wildman–Crippen MR) is 261 cm³/mol. The highest BCUT2D eigenvalue weighted by molar-refractivity contribution is 7.26. The van der Waals surface area contributed by atoms with Crippen LogP contribution < -0.4 is 4.90 Å². The molecule has 12 aromatic rings. The molecule has 0 spiro atoms. The van der Waals surface area contributed by atoms with E-state index < -0.39 is 0 Å². The van der Waals surface area contributed by atoms with E-state index in [-0.39, 0.29) is 0 Å². The van der Waals surface area contributed by atoms with Crippen molar-refractivity contribution in [2.24, 2.45) is 0 Å². The molecule has 2 heterocycles. The van der Waals surface area contributed by atoms with Crippen LogP contribution in [0.15, 0.2) is 229 Å². The minimum Gasteiger partial charge on any atom is -0.456 e. The molecule has 10 aromatic carbocycles. The number of rotatable bonds is 7. The topological polar surface area (TPSA) is 16.4 Å². The molecule has 0 N–H and O–H groups in total. The quantitative estimate of drug-likeness (QED) is 0.160. The third-order valence-electron chi connectivity index (χ3n) is 12.1. The molecule has 0 aliphatic heterocycles.